The number of nitrogens with one attached hydrogen (secondary N) is 2. The van der Waals surface area contributed by atoms with Gasteiger partial charge in [0.25, 0.3) is 0 Å². The summed E-state index contributed by atoms with van der Waals surface area (Å²) in [6, 6.07) is 5.30. The van der Waals surface area contributed by atoms with E-state index in [0.29, 0.717) is 23.4 Å². The van der Waals surface area contributed by atoms with Crippen molar-refractivity contribution in [2.75, 3.05) is 13.7 Å². The molecule has 0 bridgehead atoms. The number of hydrogen-bond acceptors (Lipinski definition) is 4. The normalized spacial score (nSPS) is 12.0. The number of unbranched alkanes of at least 4 members (excludes halogenated alkanes) is 2. The maximum Gasteiger partial charge on any atom is 0.212 e. The molecule has 1 aromatic rings. The lowest BCUT2D eigenvalue weighted by molar-refractivity contribution is 0.112. The van der Waals surface area contributed by atoms with Crippen molar-refractivity contribution < 1.29 is 9.53 Å². The molecule has 0 saturated heterocycles. The van der Waals surface area contributed by atoms with Crippen LogP contribution in [0.4, 0.5) is 0 Å². The van der Waals surface area contributed by atoms with Crippen LogP contribution in [0.1, 0.15) is 49.0 Å². The van der Waals surface area contributed by atoms with Gasteiger partial charge in [0.1, 0.15) is 12.0 Å². The van der Waals surface area contributed by atoms with Crippen molar-refractivity contribution in [1.82, 2.24) is 5.32 Å². The second kappa shape index (κ2) is 11.0. The molecule has 1 rings (SSSR count). The van der Waals surface area contributed by atoms with Gasteiger partial charge < -0.3 is 15.8 Å². The Morgan fingerprint density at radius 2 is 2.16 bits per heavy atom. The number of nitrogens with two attached hydrogens (primary N) is 1. The van der Waals surface area contributed by atoms with Crippen LogP contribution in [-0.4, -0.2) is 31.6 Å². The van der Waals surface area contributed by atoms with Gasteiger partial charge in [-0.25, -0.2) is 4.99 Å². The lowest BCUT2D eigenvalue weighted by atomic mass is 10.00. The van der Waals surface area contributed by atoms with Crippen LogP contribution in [-0.2, 0) is 6.42 Å². The van der Waals surface area contributed by atoms with Gasteiger partial charge in [-0.2, -0.15) is 0 Å². The summed E-state index contributed by atoms with van der Waals surface area (Å²) in [5.74, 6) is 0.473. The highest BCUT2D eigenvalue weighted by Gasteiger charge is 2.10. The summed E-state index contributed by atoms with van der Waals surface area (Å²) < 4.78 is 5.39. The predicted octanol–water partition coefficient (Wildman–Crippen LogP) is 3.07. The van der Waals surface area contributed by atoms with Crippen molar-refractivity contribution in [1.29, 1.82) is 5.41 Å². The Kier molecular flexibility index (Phi) is 9.00. The van der Waals surface area contributed by atoms with Gasteiger partial charge in [-0.15, -0.1) is 0 Å². The molecule has 4 N–H and O–H groups in total. The van der Waals surface area contributed by atoms with E-state index in [0.717, 1.165) is 30.4 Å². The molecule has 0 heterocycles. The van der Waals surface area contributed by atoms with Gasteiger partial charge in [-0.1, -0.05) is 19.8 Å². The van der Waals surface area contributed by atoms with E-state index < -0.39 is 0 Å². The van der Waals surface area contributed by atoms with Crippen LogP contribution >= 0.6 is 0 Å². The van der Waals surface area contributed by atoms with E-state index in [2.05, 4.69) is 17.2 Å². The second-order valence-electron chi connectivity index (χ2n) is 5.78. The third-order valence-corrected chi connectivity index (χ3v) is 3.78. The van der Waals surface area contributed by atoms with E-state index in [1.165, 1.54) is 12.8 Å². The van der Waals surface area contributed by atoms with Crippen molar-refractivity contribution in [3.63, 3.8) is 0 Å². The summed E-state index contributed by atoms with van der Waals surface area (Å²) in [7, 11) is 1.60. The summed E-state index contributed by atoms with van der Waals surface area (Å²) in [4.78, 5) is 15.1. The van der Waals surface area contributed by atoms with E-state index in [9.17, 15) is 4.79 Å². The zero-order valence-electron chi connectivity index (χ0n) is 15.3. The molecule has 0 aliphatic carbocycles. The minimum absolute atomic E-state index is 0.233. The third kappa shape index (κ3) is 7.20. The molecule has 0 radical (unpaired) electrons. The zero-order chi connectivity index (χ0) is 18.7. The molecular formula is C19H28N4O2. The molecule has 0 unspecified atom stereocenters. The number of benzene rings is 1. The molecule has 0 saturated carbocycles. The Balaban J connectivity index is 3.05. The largest absolute Gasteiger partial charge is 0.496 e. The van der Waals surface area contributed by atoms with Crippen molar-refractivity contribution >= 4 is 18.0 Å². The van der Waals surface area contributed by atoms with Gasteiger partial charge in [-0.05, 0) is 42.7 Å². The number of hydrogen-bond donors (Lipinski definition) is 3. The van der Waals surface area contributed by atoms with Crippen LogP contribution in [0.2, 0.25) is 0 Å². The van der Waals surface area contributed by atoms with E-state index in [4.69, 9.17) is 15.9 Å². The molecule has 6 nitrogen and oxygen atoms in total. The van der Waals surface area contributed by atoms with Crippen LogP contribution in [0.5, 0.6) is 5.75 Å². The zero-order valence-corrected chi connectivity index (χ0v) is 15.3. The average Bonchev–Trinajstić information content (AvgIpc) is 2.59. The maximum absolute atomic E-state index is 11.1. The third-order valence-electron chi connectivity index (χ3n) is 3.78. The number of rotatable bonds is 10. The molecule has 0 spiro atoms. The van der Waals surface area contributed by atoms with Crippen molar-refractivity contribution in [2.24, 2.45) is 10.7 Å². The maximum atomic E-state index is 11.1. The fourth-order valence-electron chi connectivity index (χ4n) is 2.42. The number of aliphatic imine (C=N–C) groups is 1. The number of nitrogens with zero attached hydrogens (tertiary/aromatic N) is 1. The van der Waals surface area contributed by atoms with E-state index in [-0.39, 0.29) is 5.96 Å². The number of carbonyl (C=O) groups excluding carboxylic acids is 1. The standard InChI is InChI=1S/C19H28N4O2/c1-4-5-6-9-22-12-17(14(2)23-19(20)21)11-16-10-15(13-24)7-8-18(16)25-3/h7-8,10,12-13,22H,4-6,9,11H2,1-3H3,(H3,20,21)/b17-12+,23-14-. The number of guanidine groups is 1. The Labute approximate surface area is 149 Å². The molecular weight excluding hydrogens is 316 g/mol. The molecule has 25 heavy (non-hydrogen) atoms. The van der Waals surface area contributed by atoms with Crippen LogP contribution in [0, 0.1) is 5.41 Å². The molecule has 136 valence electrons. The van der Waals surface area contributed by atoms with E-state index >= 15 is 0 Å². The number of allylic oxidation sites excluding steroid dienone is 1. The van der Waals surface area contributed by atoms with Crippen LogP contribution in [0.25, 0.3) is 0 Å². The van der Waals surface area contributed by atoms with Crippen LogP contribution in [0.3, 0.4) is 0 Å². The van der Waals surface area contributed by atoms with E-state index in [1.54, 1.807) is 25.3 Å². The lowest BCUT2D eigenvalue weighted by Crippen LogP contribution is -2.15. The van der Waals surface area contributed by atoms with Gasteiger partial charge in [0.15, 0.2) is 0 Å². The Morgan fingerprint density at radius 3 is 2.76 bits per heavy atom. The molecule has 0 fully saturated rings. The van der Waals surface area contributed by atoms with Gasteiger partial charge in [0, 0.05) is 30.4 Å². The highest BCUT2D eigenvalue weighted by atomic mass is 16.5. The number of carbonyl (C=O) groups is 1. The molecule has 0 aromatic heterocycles. The Bertz CT molecular complexity index is 651. The quantitative estimate of drug-likeness (QED) is 0.263. The Morgan fingerprint density at radius 1 is 1.40 bits per heavy atom. The SMILES string of the molecule is CCCCCN/C=C(Cc1cc(C=O)ccc1OC)/C(C)=N\C(=N)N. The first-order valence-electron chi connectivity index (χ1n) is 8.46. The number of ether oxygens (including phenoxy) is 1. The van der Waals surface area contributed by atoms with Gasteiger partial charge in [0.2, 0.25) is 5.96 Å². The minimum atomic E-state index is -0.233. The van der Waals surface area contributed by atoms with Crippen molar-refractivity contribution in [3.05, 3.63) is 41.1 Å². The molecule has 6 heteroatoms. The Hall–Kier alpha value is -2.63. The summed E-state index contributed by atoms with van der Waals surface area (Å²) >= 11 is 0. The number of methoxy groups -OCH3 is 1. The first kappa shape index (κ1) is 20.4. The second-order valence-corrected chi connectivity index (χ2v) is 5.78. The molecule has 0 aliphatic rings. The van der Waals surface area contributed by atoms with Crippen molar-refractivity contribution in [2.45, 2.75) is 39.5 Å². The average molecular weight is 344 g/mol. The lowest BCUT2D eigenvalue weighted by Gasteiger charge is -2.13. The van der Waals surface area contributed by atoms with Crippen LogP contribution < -0.4 is 15.8 Å². The van der Waals surface area contributed by atoms with Gasteiger partial charge in [-0.3, -0.25) is 10.2 Å². The summed E-state index contributed by atoms with van der Waals surface area (Å²) in [6.45, 7) is 4.85. The molecule has 0 atom stereocenters. The first-order chi connectivity index (χ1) is 12.0. The molecule has 0 amide bonds. The highest BCUT2D eigenvalue weighted by Crippen LogP contribution is 2.23. The highest BCUT2D eigenvalue weighted by molar-refractivity contribution is 6.04. The smallest absolute Gasteiger partial charge is 0.212 e. The fourth-order valence-corrected chi connectivity index (χ4v) is 2.42. The fraction of sp³-hybridized carbons (Fsp3) is 0.421. The van der Waals surface area contributed by atoms with E-state index in [1.807, 2.05) is 13.1 Å². The summed E-state index contributed by atoms with van der Waals surface area (Å²) in [6.07, 6.45) is 6.67. The summed E-state index contributed by atoms with van der Waals surface area (Å²) in [5, 5.41) is 10.7. The molecule has 0 aliphatic heterocycles. The monoisotopic (exact) mass is 344 g/mol. The van der Waals surface area contributed by atoms with Gasteiger partial charge >= 0.3 is 0 Å². The summed E-state index contributed by atoms with van der Waals surface area (Å²) in [5.41, 5.74) is 8.43. The van der Waals surface area contributed by atoms with Gasteiger partial charge in [0.05, 0.1) is 7.11 Å². The first-order valence-corrected chi connectivity index (χ1v) is 8.46. The number of aldehydes is 1. The molecule has 1 aromatic carbocycles. The van der Waals surface area contributed by atoms with Crippen molar-refractivity contribution in [3.8, 4) is 5.75 Å². The topological polar surface area (TPSA) is 101 Å². The minimum Gasteiger partial charge on any atom is -0.496 e. The predicted molar refractivity (Wildman–Crippen MR) is 103 cm³/mol. The van der Waals surface area contributed by atoms with Crippen LogP contribution in [0.15, 0.2) is 35.0 Å².